The number of rotatable bonds is 3. The Kier molecular flexibility index (Phi) is 4.87. The first-order chi connectivity index (χ1) is 8.91. The fraction of sp³-hybridized carbons (Fsp3) is 1.00. The Hall–Kier alpha value is -0.170. The highest BCUT2D eigenvalue weighted by atomic mass is 32.2. The molecule has 2 fully saturated rings. The summed E-state index contributed by atoms with van der Waals surface area (Å²) in [6.45, 7) is 3.14. The van der Waals surface area contributed by atoms with Gasteiger partial charge in [-0.15, -0.1) is 0 Å². The van der Waals surface area contributed by atoms with E-state index in [1.807, 2.05) is 0 Å². The number of piperidine rings is 1. The van der Waals surface area contributed by atoms with Crippen LogP contribution < -0.4 is 5.73 Å². The summed E-state index contributed by atoms with van der Waals surface area (Å²) in [6, 6.07) is 0.144. The van der Waals surface area contributed by atoms with Crippen LogP contribution in [0, 0.1) is 5.92 Å². The van der Waals surface area contributed by atoms with Gasteiger partial charge in [-0.05, 0) is 25.2 Å². The van der Waals surface area contributed by atoms with Crippen LogP contribution in [0.15, 0.2) is 0 Å². The zero-order valence-electron chi connectivity index (χ0n) is 12.1. The quantitative estimate of drug-likeness (QED) is 0.848. The van der Waals surface area contributed by atoms with E-state index in [4.69, 9.17) is 5.73 Å². The van der Waals surface area contributed by atoms with E-state index in [-0.39, 0.29) is 12.1 Å². The molecule has 1 heterocycles. The fourth-order valence-electron chi connectivity index (χ4n) is 3.35. The molecule has 1 aliphatic carbocycles. The summed E-state index contributed by atoms with van der Waals surface area (Å²) in [6.07, 6.45) is 6.41. The van der Waals surface area contributed by atoms with Crippen LogP contribution in [0.25, 0.3) is 0 Å². The Morgan fingerprint density at radius 1 is 1.16 bits per heavy atom. The maximum absolute atomic E-state index is 12.7. The van der Waals surface area contributed by atoms with Crippen LogP contribution in [0.1, 0.15) is 45.4 Å². The van der Waals surface area contributed by atoms with Crippen molar-refractivity contribution in [3.8, 4) is 0 Å². The smallest absolute Gasteiger partial charge is 0.282 e. The minimum absolute atomic E-state index is 0.0294. The molecular formula is C13H27N3O2S. The summed E-state index contributed by atoms with van der Waals surface area (Å²) >= 11 is 0. The maximum atomic E-state index is 12.7. The van der Waals surface area contributed by atoms with E-state index in [2.05, 4.69) is 6.92 Å². The van der Waals surface area contributed by atoms with E-state index in [0.29, 0.717) is 19.0 Å². The summed E-state index contributed by atoms with van der Waals surface area (Å²) in [5, 5.41) is 0. The molecule has 0 aromatic heterocycles. The number of nitrogens with two attached hydrogens (primary N) is 1. The summed E-state index contributed by atoms with van der Waals surface area (Å²) in [5.41, 5.74) is 5.97. The van der Waals surface area contributed by atoms with Crippen LogP contribution in [-0.4, -0.2) is 49.2 Å². The molecule has 2 N–H and O–H groups in total. The first-order valence-corrected chi connectivity index (χ1v) is 8.79. The van der Waals surface area contributed by atoms with Gasteiger partial charge < -0.3 is 5.73 Å². The molecule has 6 heteroatoms. The molecule has 0 aromatic carbocycles. The Morgan fingerprint density at radius 3 is 2.37 bits per heavy atom. The molecule has 1 saturated heterocycles. The predicted octanol–water partition coefficient (Wildman–Crippen LogP) is 1.16. The summed E-state index contributed by atoms with van der Waals surface area (Å²) in [5.74, 6) is 0.346. The first kappa shape index (κ1) is 15.2. The van der Waals surface area contributed by atoms with Crippen molar-refractivity contribution >= 4 is 10.2 Å². The number of hydrogen-bond donors (Lipinski definition) is 1. The van der Waals surface area contributed by atoms with Crippen molar-refractivity contribution in [1.82, 2.24) is 8.61 Å². The molecule has 5 nitrogen and oxygen atoms in total. The lowest BCUT2D eigenvalue weighted by Crippen LogP contribution is -2.54. The molecule has 1 saturated carbocycles. The SMILES string of the molecule is CC1CC(N)CN(S(=O)(=O)N(C)C2CCCCC2)C1. The van der Waals surface area contributed by atoms with E-state index in [1.54, 1.807) is 15.7 Å². The molecule has 2 atom stereocenters. The van der Waals surface area contributed by atoms with E-state index >= 15 is 0 Å². The largest absolute Gasteiger partial charge is 0.326 e. The van der Waals surface area contributed by atoms with Gasteiger partial charge >= 0.3 is 0 Å². The average molecular weight is 289 g/mol. The van der Waals surface area contributed by atoms with Gasteiger partial charge in [-0.1, -0.05) is 26.2 Å². The molecule has 0 amide bonds. The summed E-state index contributed by atoms with van der Waals surface area (Å²) in [7, 11) is -1.61. The highest BCUT2D eigenvalue weighted by molar-refractivity contribution is 7.86. The third-order valence-corrected chi connectivity index (χ3v) is 6.41. The molecule has 0 radical (unpaired) electrons. The minimum Gasteiger partial charge on any atom is -0.326 e. The third kappa shape index (κ3) is 3.48. The Morgan fingerprint density at radius 2 is 1.79 bits per heavy atom. The Bertz CT molecular complexity index is 383. The second kappa shape index (κ2) is 6.08. The molecule has 2 aliphatic rings. The normalized spacial score (nSPS) is 31.8. The average Bonchev–Trinajstić information content (AvgIpc) is 2.37. The van der Waals surface area contributed by atoms with Gasteiger partial charge in [0, 0.05) is 32.2 Å². The van der Waals surface area contributed by atoms with Gasteiger partial charge in [0.1, 0.15) is 0 Å². The topological polar surface area (TPSA) is 66.6 Å². The van der Waals surface area contributed by atoms with Crippen molar-refractivity contribution in [3.05, 3.63) is 0 Å². The van der Waals surface area contributed by atoms with Crippen molar-refractivity contribution in [2.45, 2.75) is 57.5 Å². The number of nitrogens with zero attached hydrogens (tertiary/aromatic N) is 2. The van der Waals surface area contributed by atoms with Crippen LogP contribution in [-0.2, 0) is 10.2 Å². The van der Waals surface area contributed by atoms with Crippen molar-refractivity contribution in [3.63, 3.8) is 0 Å². The molecule has 0 aromatic rings. The van der Waals surface area contributed by atoms with Crippen LogP contribution in [0.4, 0.5) is 0 Å². The molecule has 2 unspecified atom stereocenters. The van der Waals surface area contributed by atoms with Gasteiger partial charge in [0.15, 0.2) is 0 Å². The lowest BCUT2D eigenvalue weighted by atomic mass is 9.96. The zero-order chi connectivity index (χ0) is 14.0. The standard InChI is InChI=1S/C13H27N3O2S/c1-11-8-12(14)10-16(9-11)19(17,18)15(2)13-6-4-3-5-7-13/h11-13H,3-10,14H2,1-2H3. The Balaban J connectivity index is 2.07. The van der Waals surface area contributed by atoms with Crippen LogP contribution in [0.3, 0.4) is 0 Å². The van der Waals surface area contributed by atoms with Gasteiger partial charge in [-0.3, -0.25) is 0 Å². The summed E-state index contributed by atoms with van der Waals surface area (Å²) in [4.78, 5) is 0. The Labute approximate surface area is 117 Å². The predicted molar refractivity (Wildman–Crippen MR) is 76.9 cm³/mol. The molecule has 2 rings (SSSR count). The maximum Gasteiger partial charge on any atom is 0.282 e. The second-order valence-corrected chi connectivity index (χ2v) is 8.22. The van der Waals surface area contributed by atoms with Crippen LogP contribution in [0.5, 0.6) is 0 Å². The second-order valence-electron chi connectivity index (χ2n) is 6.23. The lowest BCUT2D eigenvalue weighted by molar-refractivity contribution is 0.219. The zero-order valence-corrected chi connectivity index (χ0v) is 12.9. The van der Waals surface area contributed by atoms with Gasteiger partial charge in [0.05, 0.1) is 0 Å². The van der Waals surface area contributed by atoms with E-state index in [1.165, 1.54) is 6.42 Å². The highest BCUT2D eigenvalue weighted by Gasteiger charge is 2.36. The fourth-order valence-corrected chi connectivity index (χ4v) is 5.13. The van der Waals surface area contributed by atoms with Crippen molar-refractivity contribution in [2.24, 2.45) is 11.7 Å². The van der Waals surface area contributed by atoms with Gasteiger partial charge in [0.2, 0.25) is 0 Å². The third-order valence-electron chi connectivity index (χ3n) is 4.44. The van der Waals surface area contributed by atoms with E-state index < -0.39 is 10.2 Å². The van der Waals surface area contributed by atoms with Gasteiger partial charge in [-0.2, -0.15) is 17.0 Å². The van der Waals surface area contributed by atoms with Crippen molar-refractivity contribution in [1.29, 1.82) is 0 Å². The van der Waals surface area contributed by atoms with Crippen molar-refractivity contribution < 1.29 is 8.42 Å². The molecule has 0 spiro atoms. The minimum atomic E-state index is -3.34. The van der Waals surface area contributed by atoms with Crippen LogP contribution in [0.2, 0.25) is 0 Å². The molecule has 0 bridgehead atoms. The van der Waals surface area contributed by atoms with E-state index in [0.717, 1.165) is 32.1 Å². The monoisotopic (exact) mass is 289 g/mol. The lowest BCUT2D eigenvalue weighted by Gasteiger charge is -2.39. The van der Waals surface area contributed by atoms with Gasteiger partial charge in [-0.25, -0.2) is 0 Å². The van der Waals surface area contributed by atoms with E-state index in [9.17, 15) is 8.42 Å². The van der Waals surface area contributed by atoms with Crippen LogP contribution >= 0.6 is 0 Å². The van der Waals surface area contributed by atoms with Gasteiger partial charge in [0.25, 0.3) is 10.2 Å². The summed E-state index contributed by atoms with van der Waals surface area (Å²) < 4.78 is 28.5. The van der Waals surface area contributed by atoms with Crippen molar-refractivity contribution in [2.75, 3.05) is 20.1 Å². The molecule has 19 heavy (non-hydrogen) atoms. The molecular weight excluding hydrogens is 262 g/mol. The number of hydrogen-bond acceptors (Lipinski definition) is 3. The highest BCUT2D eigenvalue weighted by Crippen LogP contribution is 2.26. The first-order valence-electron chi connectivity index (χ1n) is 7.40. The molecule has 1 aliphatic heterocycles. The molecule has 112 valence electrons.